The van der Waals surface area contributed by atoms with E-state index in [2.05, 4.69) is 23.3 Å². The van der Waals surface area contributed by atoms with Crippen LogP contribution >= 0.6 is 0 Å². The van der Waals surface area contributed by atoms with Gasteiger partial charge in [0.15, 0.2) is 0 Å². The van der Waals surface area contributed by atoms with Gasteiger partial charge < -0.3 is 5.32 Å². The summed E-state index contributed by atoms with van der Waals surface area (Å²) < 4.78 is 0. The normalized spacial score (nSPS) is 18.8. The van der Waals surface area contributed by atoms with Crippen LogP contribution in [0.4, 0.5) is 5.69 Å². The van der Waals surface area contributed by atoms with Crippen LogP contribution < -0.4 is 5.32 Å². The fourth-order valence-electron chi connectivity index (χ4n) is 1.28. The van der Waals surface area contributed by atoms with Crippen LogP contribution in [-0.2, 0) is 0 Å². The second-order valence-corrected chi connectivity index (χ2v) is 3.87. The van der Waals surface area contributed by atoms with Gasteiger partial charge in [0.25, 0.3) is 0 Å². The lowest BCUT2D eigenvalue weighted by Crippen LogP contribution is -2.15. The van der Waals surface area contributed by atoms with Crippen molar-refractivity contribution in [1.82, 2.24) is 4.98 Å². The largest absolute Gasteiger partial charge is 0.380 e. The van der Waals surface area contributed by atoms with Gasteiger partial charge in [-0.3, -0.25) is 4.98 Å². The number of aryl methyl sites for hydroxylation is 1. The molecule has 1 fully saturated rings. The van der Waals surface area contributed by atoms with Crippen LogP contribution in [-0.4, -0.2) is 10.5 Å². The molecule has 12 heavy (non-hydrogen) atoms. The van der Waals surface area contributed by atoms with Crippen molar-refractivity contribution in [2.24, 2.45) is 0 Å². The van der Waals surface area contributed by atoms with Crippen LogP contribution in [0.25, 0.3) is 0 Å². The Balaban J connectivity index is 2.12. The smallest absolute Gasteiger partial charge is 0.0393 e. The van der Waals surface area contributed by atoms with Gasteiger partial charge in [0.05, 0.1) is 0 Å². The van der Waals surface area contributed by atoms with Gasteiger partial charge >= 0.3 is 0 Å². The average molecular weight is 162 g/mol. The number of anilines is 1. The lowest BCUT2D eigenvalue weighted by molar-refractivity contribution is 0.828. The summed E-state index contributed by atoms with van der Waals surface area (Å²) in [6, 6.07) is 4.11. The number of rotatable bonds is 2. The zero-order chi connectivity index (χ0) is 8.60. The summed E-state index contributed by atoms with van der Waals surface area (Å²) in [6.45, 7) is 4.27. The van der Waals surface area contributed by atoms with Crippen molar-refractivity contribution >= 4 is 5.69 Å². The molecule has 1 saturated carbocycles. The Kier molecular flexibility index (Phi) is 1.56. The van der Waals surface area contributed by atoms with Gasteiger partial charge in [-0.15, -0.1) is 0 Å². The number of hydrogen-bond acceptors (Lipinski definition) is 2. The Morgan fingerprint density at radius 3 is 2.83 bits per heavy atom. The number of pyridine rings is 1. The van der Waals surface area contributed by atoms with Crippen molar-refractivity contribution in [3.8, 4) is 0 Å². The van der Waals surface area contributed by atoms with Crippen LogP contribution in [0.3, 0.4) is 0 Å². The van der Waals surface area contributed by atoms with Gasteiger partial charge in [0.2, 0.25) is 0 Å². The molecule has 2 rings (SSSR count). The quantitative estimate of drug-likeness (QED) is 0.722. The topological polar surface area (TPSA) is 24.9 Å². The molecule has 1 aliphatic carbocycles. The van der Waals surface area contributed by atoms with E-state index in [1.165, 1.54) is 18.5 Å². The zero-order valence-electron chi connectivity index (χ0n) is 7.59. The Labute approximate surface area is 73.0 Å². The van der Waals surface area contributed by atoms with Crippen LogP contribution in [0.15, 0.2) is 18.3 Å². The molecular formula is C10H14N2. The summed E-state index contributed by atoms with van der Waals surface area (Å²) in [5.74, 6) is 0. The van der Waals surface area contributed by atoms with Crippen molar-refractivity contribution in [3.05, 3.63) is 24.0 Å². The standard InChI is InChI=1S/C10H14N2/c1-8-7-9(3-6-11-8)12-10(2)4-5-10/h3,6-7H,4-5H2,1-2H3,(H,11,12). The maximum atomic E-state index is 4.15. The summed E-state index contributed by atoms with van der Waals surface area (Å²) >= 11 is 0. The molecule has 64 valence electrons. The molecule has 1 aliphatic rings. The monoisotopic (exact) mass is 162 g/mol. The van der Waals surface area contributed by atoms with Gasteiger partial charge in [-0.2, -0.15) is 0 Å². The molecule has 1 aromatic heterocycles. The first-order valence-electron chi connectivity index (χ1n) is 4.39. The summed E-state index contributed by atoms with van der Waals surface area (Å²) in [4.78, 5) is 4.15. The summed E-state index contributed by atoms with van der Waals surface area (Å²) in [7, 11) is 0. The molecule has 0 saturated heterocycles. The predicted octanol–water partition coefficient (Wildman–Crippen LogP) is 2.35. The van der Waals surface area contributed by atoms with Crippen molar-refractivity contribution in [3.63, 3.8) is 0 Å². The fraction of sp³-hybridized carbons (Fsp3) is 0.500. The second kappa shape index (κ2) is 2.47. The lowest BCUT2D eigenvalue weighted by atomic mass is 10.2. The average Bonchev–Trinajstić information content (AvgIpc) is 2.67. The van der Waals surface area contributed by atoms with Crippen molar-refractivity contribution in [2.75, 3.05) is 5.32 Å². The molecule has 2 heteroatoms. The maximum Gasteiger partial charge on any atom is 0.0393 e. The molecule has 1 heterocycles. The molecule has 1 N–H and O–H groups in total. The van der Waals surface area contributed by atoms with E-state index in [0.717, 1.165) is 5.69 Å². The number of nitrogens with one attached hydrogen (secondary N) is 1. The highest BCUT2D eigenvalue weighted by Gasteiger charge is 2.36. The minimum atomic E-state index is 0.369. The Morgan fingerprint density at radius 2 is 2.25 bits per heavy atom. The van der Waals surface area contributed by atoms with E-state index in [1.807, 2.05) is 19.2 Å². The lowest BCUT2D eigenvalue weighted by Gasteiger charge is -2.12. The van der Waals surface area contributed by atoms with Gasteiger partial charge in [0.1, 0.15) is 0 Å². The van der Waals surface area contributed by atoms with E-state index in [0.29, 0.717) is 5.54 Å². The SMILES string of the molecule is Cc1cc(NC2(C)CC2)ccn1. The van der Waals surface area contributed by atoms with E-state index < -0.39 is 0 Å². The first-order chi connectivity index (χ1) is 5.68. The summed E-state index contributed by atoms with van der Waals surface area (Å²) in [6.07, 6.45) is 4.42. The van der Waals surface area contributed by atoms with Gasteiger partial charge in [-0.25, -0.2) is 0 Å². The Morgan fingerprint density at radius 1 is 1.50 bits per heavy atom. The van der Waals surface area contributed by atoms with Crippen LogP contribution in [0.5, 0.6) is 0 Å². The molecule has 0 bridgehead atoms. The fourth-order valence-corrected chi connectivity index (χ4v) is 1.28. The molecule has 2 nitrogen and oxygen atoms in total. The molecule has 0 radical (unpaired) electrons. The van der Waals surface area contributed by atoms with Gasteiger partial charge in [-0.1, -0.05) is 0 Å². The molecule has 1 aromatic rings. The first kappa shape index (κ1) is 7.59. The van der Waals surface area contributed by atoms with Gasteiger partial charge in [0, 0.05) is 23.1 Å². The second-order valence-electron chi connectivity index (χ2n) is 3.87. The van der Waals surface area contributed by atoms with E-state index in [1.54, 1.807) is 0 Å². The molecule has 0 unspecified atom stereocenters. The van der Waals surface area contributed by atoms with E-state index in [4.69, 9.17) is 0 Å². The Hall–Kier alpha value is -1.05. The summed E-state index contributed by atoms with van der Waals surface area (Å²) in [5, 5.41) is 3.49. The van der Waals surface area contributed by atoms with Crippen molar-refractivity contribution in [2.45, 2.75) is 32.2 Å². The van der Waals surface area contributed by atoms with Crippen LogP contribution in [0.2, 0.25) is 0 Å². The molecule has 0 atom stereocenters. The minimum absolute atomic E-state index is 0.369. The highest BCUT2D eigenvalue weighted by molar-refractivity contribution is 5.46. The Bertz CT molecular complexity index is 290. The predicted molar refractivity (Wildman–Crippen MR) is 50.2 cm³/mol. The maximum absolute atomic E-state index is 4.15. The highest BCUT2D eigenvalue weighted by atomic mass is 15.0. The highest BCUT2D eigenvalue weighted by Crippen LogP contribution is 2.37. The van der Waals surface area contributed by atoms with Crippen molar-refractivity contribution < 1.29 is 0 Å². The number of aromatic nitrogens is 1. The molecule has 0 aromatic carbocycles. The van der Waals surface area contributed by atoms with E-state index in [9.17, 15) is 0 Å². The first-order valence-corrected chi connectivity index (χ1v) is 4.39. The molecule has 0 aliphatic heterocycles. The van der Waals surface area contributed by atoms with Crippen LogP contribution in [0, 0.1) is 6.92 Å². The third kappa shape index (κ3) is 1.58. The van der Waals surface area contributed by atoms with E-state index >= 15 is 0 Å². The molecular weight excluding hydrogens is 148 g/mol. The third-order valence-electron chi connectivity index (χ3n) is 2.34. The molecule has 0 spiro atoms. The van der Waals surface area contributed by atoms with Gasteiger partial charge in [-0.05, 0) is 38.8 Å². The minimum Gasteiger partial charge on any atom is -0.380 e. The van der Waals surface area contributed by atoms with Crippen LogP contribution in [0.1, 0.15) is 25.5 Å². The zero-order valence-corrected chi connectivity index (χ0v) is 7.59. The van der Waals surface area contributed by atoms with E-state index in [-0.39, 0.29) is 0 Å². The molecule has 0 amide bonds. The number of hydrogen-bond donors (Lipinski definition) is 1. The summed E-state index contributed by atoms with van der Waals surface area (Å²) in [5.41, 5.74) is 2.64. The van der Waals surface area contributed by atoms with Crippen molar-refractivity contribution in [1.29, 1.82) is 0 Å². The number of nitrogens with zero attached hydrogens (tertiary/aromatic N) is 1. The third-order valence-corrected chi connectivity index (χ3v) is 2.34.